The van der Waals surface area contributed by atoms with Gasteiger partial charge in [-0.05, 0) is 41.4 Å². The van der Waals surface area contributed by atoms with E-state index < -0.39 is 21.1 Å². The summed E-state index contributed by atoms with van der Waals surface area (Å²) in [6.07, 6.45) is 1.48. The van der Waals surface area contributed by atoms with E-state index in [1.165, 1.54) is 29.7 Å². The fourth-order valence-electron chi connectivity index (χ4n) is 3.60. The predicted octanol–water partition coefficient (Wildman–Crippen LogP) is 5.38. The molecule has 0 bridgehead atoms. The molecule has 1 unspecified atom stereocenters. The van der Waals surface area contributed by atoms with Crippen molar-refractivity contribution in [3.8, 4) is 22.2 Å². The molecule has 13 heteroatoms. The van der Waals surface area contributed by atoms with E-state index in [4.69, 9.17) is 16.3 Å². The van der Waals surface area contributed by atoms with Gasteiger partial charge in [-0.1, -0.05) is 48.0 Å². The lowest BCUT2D eigenvalue weighted by molar-refractivity contribution is 0.473. The number of fused-ring (bicyclic) bond motifs is 1. The molecule has 0 spiro atoms. The average Bonchev–Trinajstić information content (AvgIpc) is 3.32. The van der Waals surface area contributed by atoms with Gasteiger partial charge in [-0.2, -0.15) is 0 Å². The summed E-state index contributed by atoms with van der Waals surface area (Å²) in [6, 6.07) is 18.3. The summed E-state index contributed by atoms with van der Waals surface area (Å²) >= 11 is 5.07. The highest BCUT2D eigenvalue weighted by Gasteiger charge is 2.20. The van der Waals surface area contributed by atoms with Crippen LogP contribution in [-0.4, -0.2) is 32.1 Å². The summed E-state index contributed by atoms with van der Waals surface area (Å²) in [5.41, 5.74) is 2.42. The topological polar surface area (TPSA) is 134 Å². The van der Waals surface area contributed by atoms with Crippen molar-refractivity contribution in [2.24, 2.45) is 0 Å². The first-order chi connectivity index (χ1) is 17.8. The molecule has 2 heterocycles. The number of anilines is 1. The summed E-state index contributed by atoms with van der Waals surface area (Å²) in [7, 11) is -3.95. The van der Waals surface area contributed by atoms with Crippen molar-refractivity contribution < 1.29 is 21.9 Å². The molecule has 3 aromatic carbocycles. The molecule has 37 heavy (non-hydrogen) atoms. The van der Waals surface area contributed by atoms with E-state index >= 15 is 0 Å². The molecule has 0 radical (unpaired) electrons. The second-order valence-electron chi connectivity index (χ2n) is 7.59. The number of ether oxygens (including phenoxy) is 1. The van der Waals surface area contributed by atoms with Crippen LogP contribution in [-0.2, 0) is 26.9 Å². The molecule has 9 nitrogen and oxygen atoms in total. The lowest BCUT2D eigenvalue weighted by Gasteiger charge is -2.14. The standard InChI is InChI=1S/C24H17ClN4O5S3/c25-17-7-1-2-10-21(17)37(32,33)29-18-8-3-6-16-15(18)5-4-9-20(16)34-24-23(35-14-27-24)19-11-12-26-22(28-19)13-36(30)31/h1-12,14,29H,13H2,(H,30,31)/p-1. The van der Waals surface area contributed by atoms with E-state index in [-0.39, 0.29) is 27.4 Å². The van der Waals surface area contributed by atoms with Gasteiger partial charge in [0.15, 0.2) is 0 Å². The molecule has 0 saturated heterocycles. The number of thiazole rings is 1. The quantitative estimate of drug-likeness (QED) is 0.245. The number of sulfonamides is 1. The number of hydrogen-bond acceptors (Lipinski definition) is 9. The lowest BCUT2D eigenvalue weighted by atomic mass is 10.1. The zero-order valence-corrected chi connectivity index (χ0v) is 21.9. The molecule has 0 amide bonds. The monoisotopic (exact) mass is 571 g/mol. The van der Waals surface area contributed by atoms with Crippen molar-refractivity contribution in [1.82, 2.24) is 15.0 Å². The lowest BCUT2D eigenvalue weighted by Crippen LogP contribution is -2.13. The first kappa shape index (κ1) is 25.2. The van der Waals surface area contributed by atoms with Crippen LogP contribution >= 0.6 is 22.9 Å². The fourth-order valence-corrected chi connectivity index (χ4v) is 6.24. The van der Waals surface area contributed by atoms with Gasteiger partial charge in [0.05, 0.1) is 27.7 Å². The summed E-state index contributed by atoms with van der Waals surface area (Å²) in [6.45, 7) is 0. The minimum absolute atomic E-state index is 0.0294. The van der Waals surface area contributed by atoms with Gasteiger partial charge in [0, 0.05) is 17.0 Å². The molecular weight excluding hydrogens is 556 g/mol. The van der Waals surface area contributed by atoms with Crippen LogP contribution < -0.4 is 9.46 Å². The van der Waals surface area contributed by atoms with Crippen molar-refractivity contribution in [1.29, 1.82) is 0 Å². The van der Waals surface area contributed by atoms with E-state index in [2.05, 4.69) is 19.7 Å². The highest BCUT2D eigenvalue weighted by molar-refractivity contribution is 7.92. The molecule has 5 rings (SSSR count). The van der Waals surface area contributed by atoms with E-state index in [1.807, 2.05) is 0 Å². The van der Waals surface area contributed by atoms with Crippen LogP contribution in [0.25, 0.3) is 21.3 Å². The molecule has 2 aromatic heterocycles. The average molecular weight is 572 g/mol. The Hall–Kier alpha value is -3.42. The Morgan fingerprint density at radius 2 is 1.78 bits per heavy atom. The van der Waals surface area contributed by atoms with Crippen LogP contribution in [0, 0.1) is 0 Å². The Bertz CT molecular complexity index is 1740. The Morgan fingerprint density at radius 3 is 2.59 bits per heavy atom. The number of nitrogens with zero attached hydrogens (tertiary/aromatic N) is 3. The Balaban J connectivity index is 1.49. The fraction of sp³-hybridized carbons (Fsp3) is 0.0417. The second-order valence-corrected chi connectivity index (χ2v) is 11.4. The molecule has 1 N–H and O–H groups in total. The van der Waals surface area contributed by atoms with E-state index in [0.717, 1.165) is 0 Å². The zero-order valence-electron chi connectivity index (χ0n) is 18.7. The summed E-state index contributed by atoms with van der Waals surface area (Å²) in [5.74, 6) is 0.565. The smallest absolute Gasteiger partial charge is 0.263 e. The number of hydrogen-bond donors (Lipinski definition) is 1. The molecular formula is C24H16ClN4O5S3-. The van der Waals surface area contributed by atoms with Crippen LogP contribution in [0.15, 0.2) is 83.3 Å². The maximum Gasteiger partial charge on any atom is 0.263 e. The molecule has 0 aliphatic heterocycles. The third kappa shape index (κ3) is 5.48. The largest absolute Gasteiger partial charge is 0.772 e. The summed E-state index contributed by atoms with van der Waals surface area (Å²) in [4.78, 5) is 13.2. The number of rotatable bonds is 8. The molecule has 188 valence electrons. The van der Waals surface area contributed by atoms with Gasteiger partial charge >= 0.3 is 0 Å². The Kier molecular flexibility index (Phi) is 7.17. The normalized spacial score (nSPS) is 12.4. The van der Waals surface area contributed by atoms with E-state index in [1.54, 1.807) is 60.1 Å². The van der Waals surface area contributed by atoms with Crippen LogP contribution in [0.3, 0.4) is 0 Å². The highest BCUT2D eigenvalue weighted by atomic mass is 35.5. The first-order valence-electron chi connectivity index (χ1n) is 10.6. The molecule has 0 fully saturated rings. The number of benzene rings is 3. The van der Waals surface area contributed by atoms with Crippen molar-refractivity contribution >= 4 is 60.5 Å². The minimum atomic E-state index is -3.95. The van der Waals surface area contributed by atoms with Crippen molar-refractivity contribution in [2.45, 2.75) is 10.6 Å². The van der Waals surface area contributed by atoms with Crippen LogP contribution in [0.4, 0.5) is 5.69 Å². The first-order valence-corrected chi connectivity index (χ1v) is 14.6. The molecule has 0 saturated carbocycles. The summed E-state index contributed by atoms with van der Waals surface area (Å²) in [5, 5.41) is 1.37. The number of nitrogens with one attached hydrogen (secondary N) is 1. The highest BCUT2D eigenvalue weighted by Crippen LogP contribution is 2.39. The zero-order chi connectivity index (χ0) is 26.0. The van der Waals surface area contributed by atoms with Crippen LogP contribution in [0.2, 0.25) is 5.02 Å². The number of halogens is 1. The Labute approximate surface area is 223 Å². The molecule has 5 aromatic rings. The third-order valence-electron chi connectivity index (χ3n) is 5.18. The van der Waals surface area contributed by atoms with E-state index in [0.29, 0.717) is 32.8 Å². The van der Waals surface area contributed by atoms with Crippen LogP contribution in [0.1, 0.15) is 5.82 Å². The second kappa shape index (κ2) is 10.5. The van der Waals surface area contributed by atoms with Gasteiger partial charge in [-0.25, -0.2) is 23.4 Å². The van der Waals surface area contributed by atoms with Crippen molar-refractivity contribution in [2.75, 3.05) is 4.72 Å². The maximum absolute atomic E-state index is 13.0. The molecule has 1 atom stereocenters. The van der Waals surface area contributed by atoms with Gasteiger partial charge in [0.25, 0.3) is 10.0 Å². The van der Waals surface area contributed by atoms with Gasteiger partial charge in [-0.15, -0.1) is 11.3 Å². The molecule has 0 aliphatic carbocycles. The summed E-state index contributed by atoms with van der Waals surface area (Å²) < 4.78 is 56.9. The van der Waals surface area contributed by atoms with Gasteiger partial charge < -0.3 is 9.29 Å². The van der Waals surface area contributed by atoms with Gasteiger partial charge in [0.2, 0.25) is 5.88 Å². The van der Waals surface area contributed by atoms with Gasteiger partial charge in [0.1, 0.15) is 21.3 Å². The Morgan fingerprint density at radius 1 is 1.00 bits per heavy atom. The maximum atomic E-state index is 13.0. The predicted molar refractivity (Wildman–Crippen MR) is 142 cm³/mol. The number of aromatic nitrogens is 3. The SMILES string of the molecule is O=S([O-])Cc1nccc(-c2scnc2Oc2cccc3c(NS(=O)(=O)c4ccccc4Cl)cccc23)n1. The van der Waals surface area contributed by atoms with Crippen molar-refractivity contribution in [3.63, 3.8) is 0 Å². The minimum Gasteiger partial charge on any atom is -0.772 e. The van der Waals surface area contributed by atoms with Crippen LogP contribution in [0.5, 0.6) is 11.6 Å². The third-order valence-corrected chi connectivity index (χ3v) is 8.37. The van der Waals surface area contributed by atoms with Crippen molar-refractivity contribution in [3.05, 3.63) is 89.3 Å². The van der Waals surface area contributed by atoms with Gasteiger partial charge in [-0.3, -0.25) is 8.93 Å². The molecule has 0 aliphatic rings. The van der Waals surface area contributed by atoms with E-state index in [9.17, 15) is 17.2 Å².